The molecule has 29 heavy (non-hydrogen) atoms. The van der Waals surface area contributed by atoms with Crippen LogP contribution in [0.1, 0.15) is 27.1 Å². The zero-order chi connectivity index (χ0) is 20.2. The molecule has 0 unspecified atom stereocenters. The summed E-state index contributed by atoms with van der Waals surface area (Å²) in [6.45, 7) is 1.79. The number of nitrogens with zero attached hydrogens (tertiary/aromatic N) is 4. The number of carbonyl (C=O) groups is 2. The SMILES string of the molecule is O=C(c1cnn(-c2ccccc2)c1)N1CCCN(C(=O)c2ccccc2F)CC1. The second-order valence-electron chi connectivity index (χ2n) is 6.93. The van der Waals surface area contributed by atoms with Crippen LogP contribution in [0.25, 0.3) is 5.69 Å². The molecule has 4 rings (SSSR count). The first-order valence-corrected chi connectivity index (χ1v) is 9.56. The summed E-state index contributed by atoms with van der Waals surface area (Å²) in [7, 11) is 0. The van der Waals surface area contributed by atoms with Crippen molar-refractivity contribution >= 4 is 11.8 Å². The molecule has 1 fully saturated rings. The average molecular weight is 392 g/mol. The number of hydrogen-bond acceptors (Lipinski definition) is 3. The third-order valence-electron chi connectivity index (χ3n) is 5.02. The summed E-state index contributed by atoms with van der Waals surface area (Å²) >= 11 is 0. The first-order valence-electron chi connectivity index (χ1n) is 9.56. The van der Waals surface area contributed by atoms with E-state index in [4.69, 9.17) is 0 Å². The molecule has 0 bridgehead atoms. The highest BCUT2D eigenvalue weighted by Crippen LogP contribution is 2.15. The highest BCUT2D eigenvalue weighted by Gasteiger charge is 2.25. The van der Waals surface area contributed by atoms with Gasteiger partial charge in [0.25, 0.3) is 11.8 Å². The lowest BCUT2D eigenvalue weighted by molar-refractivity contribution is 0.0716. The minimum Gasteiger partial charge on any atom is -0.337 e. The number of hydrogen-bond donors (Lipinski definition) is 0. The van der Waals surface area contributed by atoms with Crippen molar-refractivity contribution in [2.24, 2.45) is 0 Å². The average Bonchev–Trinajstić information content (AvgIpc) is 3.12. The van der Waals surface area contributed by atoms with Crippen LogP contribution < -0.4 is 0 Å². The predicted octanol–water partition coefficient (Wildman–Crippen LogP) is 3.00. The molecular formula is C22H21FN4O2. The number of amides is 2. The molecule has 0 aliphatic carbocycles. The van der Waals surface area contributed by atoms with Crippen molar-refractivity contribution in [1.29, 1.82) is 0 Å². The van der Waals surface area contributed by atoms with Crippen LogP contribution in [0.4, 0.5) is 4.39 Å². The van der Waals surface area contributed by atoms with E-state index in [0.717, 1.165) is 5.69 Å². The van der Waals surface area contributed by atoms with Crippen LogP contribution in [0, 0.1) is 5.82 Å². The summed E-state index contributed by atoms with van der Waals surface area (Å²) in [6, 6.07) is 15.6. The fourth-order valence-corrected chi connectivity index (χ4v) is 3.47. The topological polar surface area (TPSA) is 58.4 Å². The Morgan fingerprint density at radius 1 is 0.828 bits per heavy atom. The molecule has 1 saturated heterocycles. The molecule has 2 heterocycles. The summed E-state index contributed by atoms with van der Waals surface area (Å²) in [5.41, 5.74) is 1.45. The molecule has 0 N–H and O–H groups in total. The summed E-state index contributed by atoms with van der Waals surface area (Å²) in [6.07, 6.45) is 3.91. The molecule has 2 amide bonds. The number of benzene rings is 2. The largest absolute Gasteiger partial charge is 0.337 e. The van der Waals surface area contributed by atoms with Gasteiger partial charge in [0.1, 0.15) is 5.82 Å². The van der Waals surface area contributed by atoms with Gasteiger partial charge in [-0.05, 0) is 30.7 Å². The molecule has 6 nitrogen and oxygen atoms in total. The number of aromatic nitrogens is 2. The maximum absolute atomic E-state index is 13.9. The van der Waals surface area contributed by atoms with Crippen molar-refractivity contribution in [2.75, 3.05) is 26.2 Å². The number of rotatable bonds is 3. The normalized spacial score (nSPS) is 14.5. The molecule has 0 saturated carbocycles. The van der Waals surface area contributed by atoms with Crippen molar-refractivity contribution < 1.29 is 14.0 Å². The maximum atomic E-state index is 13.9. The van der Waals surface area contributed by atoms with Crippen molar-refractivity contribution in [3.8, 4) is 5.69 Å². The van der Waals surface area contributed by atoms with E-state index >= 15 is 0 Å². The Hall–Kier alpha value is -3.48. The minimum absolute atomic E-state index is 0.0661. The maximum Gasteiger partial charge on any atom is 0.257 e. The summed E-state index contributed by atoms with van der Waals surface area (Å²) in [5, 5.41) is 4.28. The molecule has 148 valence electrons. The summed E-state index contributed by atoms with van der Waals surface area (Å²) in [4.78, 5) is 28.9. The van der Waals surface area contributed by atoms with Crippen molar-refractivity contribution in [1.82, 2.24) is 19.6 Å². The van der Waals surface area contributed by atoms with Gasteiger partial charge in [0.15, 0.2) is 0 Å². The van der Waals surface area contributed by atoms with Crippen LogP contribution in [-0.4, -0.2) is 57.6 Å². The second-order valence-corrected chi connectivity index (χ2v) is 6.93. The van der Waals surface area contributed by atoms with E-state index in [9.17, 15) is 14.0 Å². The lowest BCUT2D eigenvalue weighted by atomic mass is 10.2. The summed E-state index contributed by atoms with van der Waals surface area (Å²) in [5.74, 6) is -0.982. The van der Waals surface area contributed by atoms with Crippen LogP contribution in [0.2, 0.25) is 0 Å². The van der Waals surface area contributed by atoms with E-state index in [1.54, 1.807) is 39.0 Å². The monoisotopic (exact) mass is 392 g/mol. The van der Waals surface area contributed by atoms with E-state index in [1.165, 1.54) is 12.1 Å². The van der Waals surface area contributed by atoms with Gasteiger partial charge in [-0.2, -0.15) is 5.10 Å². The van der Waals surface area contributed by atoms with Crippen molar-refractivity contribution in [3.05, 3.63) is 83.9 Å². The molecule has 7 heteroatoms. The van der Waals surface area contributed by atoms with Gasteiger partial charge in [-0.25, -0.2) is 9.07 Å². The van der Waals surface area contributed by atoms with Crippen LogP contribution in [-0.2, 0) is 0 Å². The van der Waals surface area contributed by atoms with Crippen LogP contribution in [0.3, 0.4) is 0 Å². The first kappa shape index (κ1) is 18.9. The molecule has 2 aromatic carbocycles. The Bertz CT molecular complexity index is 1020. The smallest absolute Gasteiger partial charge is 0.257 e. The highest BCUT2D eigenvalue weighted by molar-refractivity contribution is 5.95. The Balaban J connectivity index is 1.43. The van der Waals surface area contributed by atoms with Gasteiger partial charge in [0, 0.05) is 32.4 Å². The van der Waals surface area contributed by atoms with E-state index in [1.807, 2.05) is 30.3 Å². The van der Waals surface area contributed by atoms with E-state index in [2.05, 4.69) is 5.10 Å². The molecule has 0 radical (unpaired) electrons. The van der Waals surface area contributed by atoms with Crippen molar-refractivity contribution in [2.45, 2.75) is 6.42 Å². The predicted molar refractivity (Wildman–Crippen MR) is 106 cm³/mol. The van der Waals surface area contributed by atoms with E-state index in [-0.39, 0.29) is 17.4 Å². The first-order chi connectivity index (χ1) is 14.1. The van der Waals surface area contributed by atoms with Crippen LogP contribution in [0.5, 0.6) is 0 Å². The quantitative estimate of drug-likeness (QED) is 0.689. The zero-order valence-electron chi connectivity index (χ0n) is 15.9. The summed E-state index contributed by atoms with van der Waals surface area (Å²) < 4.78 is 15.6. The van der Waals surface area contributed by atoms with Gasteiger partial charge >= 0.3 is 0 Å². The third kappa shape index (κ3) is 4.03. The van der Waals surface area contributed by atoms with E-state index < -0.39 is 5.82 Å². The lowest BCUT2D eigenvalue weighted by Crippen LogP contribution is -2.37. The van der Waals surface area contributed by atoms with Gasteiger partial charge in [-0.3, -0.25) is 9.59 Å². The van der Waals surface area contributed by atoms with E-state index in [0.29, 0.717) is 38.2 Å². The number of carbonyl (C=O) groups excluding carboxylic acids is 2. The Labute approximate surface area is 168 Å². The van der Waals surface area contributed by atoms with Crippen molar-refractivity contribution in [3.63, 3.8) is 0 Å². The Morgan fingerprint density at radius 3 is 2.21 bits per heavy atom. The van der Waals surface area contributed by atoms with Gasteiger partial charge in [-0.1, -0.05) is 30.3 Å². The second kappa shape index (κ2) is 8.26. The Morgan fingerprint density at radius 2 is 1.48 bits per heavy atom. The minimum atomic E-state index is -0.525. The molecular weight excluding hydrogens is 371 g/mol. The molecule has 0 spiro atoms. The zero-order valence-corrected chi connectivity index (χ0v) is 15.9. The van der Waals surface area contributed by atoms with Crippen LogP contribution in [0.15, 0.2) is 67.0 Å². The fraction of sp³-hybridized carbons (Fsp3) is 0.227. The fourth-order valence-electron chi connectivity index (χ4n) is 3.47. The molecule has 1 aliphatic rings. The standard InChI is InChI=1S/C22H21FN4O2/c23-20-10-5-4-9-19(20)22(29)26-12-6-11-25(13-14-26)21(28)17-15-24-27(16-17)18-7-2-1-3-8-18/h1-5,7-10,15-16H,6,11-14H2. The molecule has 1 aliphatic heterocycles. The Kier molecular flexibility index (Phi) is 5.37. The lowest BCUT2D eigenvalue weighted by Gasteiger charge is -2.22. The molecule has 3 aromatic rings. The van der Waals surface area contributed by atoms with Gasteiger partial charge in [-0.15, -0.1) is 0 Å². The molecule has 0 atom stereocenters. The number of halogens is 1. The van der Waals surface area contributed by atoms with Gasteiger partial charge < -0.3 is 9.80 Å². The van der Waals surface area contributed by atoms with Gasteiger partial charge in [0.2, 0.25) is 0 Å². The van der Waals surface area contributed by atoms with Gasteiger partial charge in [0.05, 0.1) is 23.0 Å². The number of para-hydroxylation sites is 1. The third-order valence-corrected chi connectivity index (χ3v) is 5.02. The van der Waals surface area contributed by atoms with Crippen LogP contribution >= 0.6 is 0 Å². The molecule has 1 aromatic heterocycles. The highest BCUT2D eigenvalue weighted by atomic mass is 19.1.